The van der Waals surface area contributed by atoms with Crippen molar-refractivity contribution in [3.05, 3.63) is 70.0 Å². The van der Waals surface area contributed by atoms with Crippen LogP contribution in [-0.4, -0.2) is 17.1 Å². The summed E-state index contributed by atoms with van der Waals surface area (Å²) in [6.07, 6.45) is 0.799. The molecular formula is C21H19NO3. The third-order valence-corrected chi connectivity index (χ3v) is 4.81. The number of nitrogens with zero attached hydrogens (tertiary/aromatic N) is 1. The van der Waals surface area contributed by atoms with Crippen molar-refractivity contribution in [2.45, 2.75) is 26.3 Å². The number of carbonyl (C=O) groups excluding carboxylic acids is 1. The molecule has 1 unspecified atom stereocenters. The lowest BCUT2D eigenvalue weighted by atomic mass is 9.95. The highest BCUT2D eigenvalue weighted by Gasteiger charge is 2.30. The summed E-state index contributed by atoms with van der Waals surface area (Å²) in [5, 5.41) is 0.927. The number of hydrogen-bond acceptors (Lipinski definition) is 3. The van der Waals surface area contributed by atoms with Crippen LogP contribution < -0.4 is 5.56 Å². The topological polar surface area (TPSA) is 48.3 Å². The summed E-state index contributed by atoms with van der Waals surface area (Å²) in [5.74, 6) is -0.554. The van der Waals surface area contributed by atoms with Crippen molar-refractivity contribution in [3.8, 4) is 11.1 Å². The molecule has 4 nitrogen and oxygen atoms in total. The Bertz CT molecular complexity index is 1030. The van der Waals surface area contributed by atoms with Crippen molar-refractivity contribution >= 4 is 16.9 Å². The maximum absolute atomic E-state index is 13.2. The molecule has 0 saturated heterocycles. The van der Waals surface area contributed by atoms with Gasteiger partial charge in [-0.1, -0.05) is 48.5 Å². The Hall–Kier alpha value is -2.88. The van der Waals surface area contributed by atoms with E-state index in [2.05, 4.69) is 6.07 Å². The van der Waals surface area contributed by atoms with E-state index in [1.165, 1.54) is 0 Å². The normalized spacial score (nSPS) is 15.5. The van der Waals surface area contributed by atoms with Gasteiger partial charge in [0.15, 0.2) is 0 Å². The molecule has 3 aromatic rings. The van der Waals surface area contributed by atoms with Crippen molar-refractivity contribution in [2.24, 2.45) is 0 Å². The second kappa shape index (κ2) is 5.88. The van der Waals surface area contributed by atoms with Crippen LogP contribution >= 0.6 is 0 Å². The van der Waals surface area contributed by atoms with E-state index < -0.39 is 5.97 Å². The minimum atomic E-state index is -0.554. The molecule has 0 aliphatic carbocycles. The van der Waals surface area contributed by atoms with Crippen molar-refractivity contribution in [1.29, 1.82) is 0 Å². The number of aromatic nitrogens is 1. The Kier molecular flexibility index (Phi) is 3.68. The van der Waals surface area contributed by atoms with E-state index in [1.807, 2.05) is 49.4 Å². The van der Waals surface area contributed by atoms with Gasteiger partial charge in [0.1, 0.15) is 5.56 Å². The molecule has 0 amide bonds. The molecule has 126 valence electrons. The van der Waals surface area contributed by atoms with Crippen molar-refractivity contribution < 1.29 is 9.53 Å². The lowest BCUT2D eigenvalue weighted by molar-refractivity contribution is 0.0524. The first-order valence-electron chi connectivity index (χ1n) is 8.56. The van der Waals surface area contributed by atoms with Gasteiger partial charge in [-0.3, -0.25) is 4.79 Å². The highest BCUT2D eigenvalue weighted by molar-refractivity contribution is 6.07. The molecule has 0 bridgehead atoms. The number of benzene rings is 2. The molecule has 0 fully saturated rings. The summed E-state index contributed by atoms with van der Waals surface area (Å²) < 4.78 is 6.97. The number of para-hydroxylation sites is 1. The number of esters is 1. The number of pyridine rings is 1. The van der Waals surface area contributed by atoms with Crippen molar-refractivity contribution in [2.75, 3.05) is 6.61 Å². The quantitative estimate of drug-likeness (QED) is 0.682. The molecule has 4 heteroatoms. The number of ether oxygens (including phenoxy) is 1. The molecule has 1 aliphatic rings. The first-order chi connectivity index (χ1) is 12.1. The van der Waals surface area contributed by atoms with E-state index in [0.717, 1.165) is 28.5 Å². The van der Waals surface area contributed by atoms with Gasteiger partial charge >= 0.3 is 5.97 Å². The minimum absolute atomic E-state index is 0.0328. The van der Waals surface area contributed by atoms with Crippen molar-refractivity contribution in [3.63, 3.8) is 0 Å². The second-order valence-corrected chi connectivity index (χ2v) is 6.38. The predicted molar refractivity (Wildman–Crippen MR) is 98.0 cm³/mol. The van der Waals surface area contributed by atoms with E-state index in [9.17, 15) is 9.59 Å². The average molecular weight is 333 g/mol. The van der Waals surface area contributed by atoms with Gasteiger partial charge in [-0.15, -0.1) is 0 Å². The highest BCUT2D eigenvalue weighted by Crippen LogP contribution is 2.37. The lowest BCUT2D eigenvalue weighted by Crippen LogP contribution is -2.29. The monoisotopic (exact) mass is 333 g/mol. The van der Waals surface area contributed by atoms with Crippen LogP contribution in [-0.2, 0) is 11.2 Å². The Morgan fingerprint density at radius 3 is 2.64 bits per heavy atom. The molecule has 0 spiro atoms. The van der Waals surface area contributed by atoms with E-state index in [0.29, 0.717) is 5.56 Å². The SMILES string of the molecule is CCOC(=O)c1c(-c2ccccc2)c2cccc3c2n(c1=O)C(C)C3. The van der Waals surface area contributed by atoms with E-state index >= 15 is 0 Å². The summed E-state index contributed by atoms with van der Waals surface area (Å²) in [7, 11) is 0. The van der Waals surface area contributed by atoms with Gasteiger partial charge in [-0.25, -0.2) is 4.79 Å². The zero-order valence-corrected chi connectivity index (χ0v) is 14.3. The summed E-state index contributed by atoms with van der Waals surface area (Å²) in [5.41, 5.74) is 3.48. The van der Waals surface area contributed by atoms with E-state index in [-0.39, 0.29) is 23.8 Å². The maximum atomic E-state index is 13.2. The van der Waals surface area contributed by atoms with Crippen LogP contribution in [0.25, 0.3) is 22.0 Å². The van der Waals surface area contributed by atoms with Crippen LogP contribution in [0.3, 0.4) is 0 Å². The number of rotatable bonds is 3. The Balaban J connectivity index is 2.18. The van der Waals surface area contributed by atoms with Crippen molar-refractivity contribution in [1.82, 2.24) is 4.57 Å². The molecule has 2 heterocycles. The van der Waals surface area contributed by atoms with Gasteiger partial charge in [0.2, 0.25) is 0 Å². The maximum Gasteiger partial charge on any atom is 0.344 e. The molecule has 0 N–H and O–H groups in total. The first-order valence-corrected chi connectivity index (χ1v) is 8.56. The minimum Gasteiger partial charge on any atom is -0.462 e. The van der Waals surface area contributed by atoms with Gasteiger partial charge in [-0.05, 0) is 31.4 Å². The molecule has 1 atom stereocenters. The van der Waals surface area contributed by atoms with Gasteiger partial charge in [-0.2, -0.15) is 0 Å². The summed E-state index contributed by atoms with van der Waals surface area (Å²) in [4.78, 5) is 25.9. The molecular weight excluding hydrogens is 314 g/mol. The zero-order chi connectivity index (χ0) is 17.6. The molecule has 1 aliphatic heterocycles. The second-order valence-electron chi connectivity index (χ2n) is 6.38. The molecule has 4 rings (SSSR count). The fraction of sp³-hybridized carbons (Fsp3) is 0.238. The number of hydrogen-bond donors (Lipinski definition) is 0. The van der Waals surface area contributed by atoms with Crippen LogP contribution in [0.2, 0.25) is 0 Å². The van der Waals surface area contributed by atoms with E-state index in [4.69, 9.17) is 4.74 Å². The van der Waals surface area contributed by atoms with Crippen LogP contribution in [0.1, 0.15) is 35.8 Å². The van der Waals surface area contributed by atoms with Gasteiger partial charge in [0.25, 0.3) is 5.56 Å². The van der Waals surface area contributed by atoms with Gasteiger partial charge < -0.3 is 9.30 Å². The standard InChI is InChI=1S/C21H19NO3/c1-3-25-21(24)18-17(14-8-5-4-6-9-14)16-11-7-10-15-12-13(2)22(19(15)16)20(18)23/h4-11,13H,3,12H2,1-2H3. The largest absolute Gasteiger partial charge is 0.462 e. The van der Waals surface area contributed by atoms with Crippen LogP contribution in [0.4, 0.5) is 0 Å². The zero-order valence-electron chi connectivity index (χ0n) is 14.3. The smallest absolute Gasteiger partial charge is 0.344 e. The molecule has 2 aromatic carbocycles. The third kappa shape index (κ3) is 2.29. The van der Waals surface area contributed by atoms with Gasteiger partial charge in [0.05, 0.1) is 12.1 Å². The van der Waals surface area contributed by atoms with Crippen LogP contribution in [0, 0.1) is 0 Å². The summed E-state index contributed by atoms with van der Waals surface area (Å²) in [6.45, 7) is 4.00. The average Bonchev–Trinajstić information content (AvgIpc) is 2.96. The summed E-state index contributed by atoms with van der Waals surface area (Å²) >= 11 is 0. The first kappa shape index (κ1) is 15.6. The molecule has 25 heavy (non-hydrogen) atoms. The Morgan fingerprint density at radius 1 is 1.16 bits per heavy atom. The Labute approximate surface area is 145 Å². The molecule has 1 aromatic heterocycles. The predicted octanol–water partition coefficient (Wildman–Crippen LogP) is 3.96. The number of carbonyl (C=O) groups is 1. The lowest BCUT2D eigenvalue weighted by Gasteiger charge is -2.16. The van der Waals surface area contributed by atoms with E-state index in [1.54, 1.807) is 11.5 Å². The van der Waals surface area contributed by atoms with Gasteiger partial charge in [0, 0.05) is 17.0 Å². The molecule has 0 saturated carbocycles. The fourth-order valence-electron chi connectivity index (χ4n) is 3.83. The molecule has 0 radical (unpaired) electrons. The Morgan fingerprint density at radius 2 is 1.92 bits per heavy atom. The summed E-state index contributed by atoms with van der Waals surface area (Å²) in [6, 6.07) is 15.7. The third-order valence-electron chi connectivity index (χ3n) is 4.81. The highest BCUT2D eigenvalue weighted by atomic mass is 16.5. The fourth-order valence-corrected chi connectivity index (χ4v) is 3.83. The van der Waals surface area contributed by atoms with Crippen LogP contribution in [0.5, 0.6) is 0 Å². The van der Waals surface area contributed by atoms with Crippen LogP contribution in [0.15, 0.2) is 53.3 Å².